The fourth-order valence-corrected chi connectivity index (χ4v) is 5.31. The van der Waals surface area contributed by atoms with Gasteiger partial charge >= 0.3 is 0 Å². The van der Waals surface area contributed by atoms with Crippen LogP contribution in [0.1, 0.15) is 86.5 Å². The topological polar surface area (TPSA) is 169 Å². The van der Waals surface area contributed by atoms with Crippen molar-refractivity contribution < 1.29 is 28.8 Å². The molecule has 0 unspecified atom stereocenters. The van der Waals surface area contributed by atoms with Gasteiger partial charge in [-0.15, -0.1) is 0 Å². The summed E-state index contributed by atoms with van der Waals surface area (Å²) < 4.78 is 0. The molecular weight excluding hydrogens is 578 g/mol. The lowest BCUT2D eigenvalue weighted by Gasteiger charge is -2.31. The number of ketones is 1. The summed E-state index contributed by atoms with van der Waals surface area (Å²) in [5.74, 6) is -2.73. The highest BCUT2D eigenvalue weighted by Crippen LogP contribution is 2.26. The van der Waals surface area contributed by atoms with Crippen LogP contribution in [-0.2, 0) is 28.8 Å². The number of hydrogen-bond donors (Lipinski definition) is 5. The van der Waals surface area contributed by atoms with Gasteiger partial charge in [0.15, 0.2) is 5.78 Å². The standard InChI is InChI=1S/C32H59N7O6/c1-9-39(22(4)5)17-11-10-12-26(32(45)33-18-27(40)21(2)3)37-29(42)20-34-30(43)23(6)36-28(41)19-35-31(44)24-13-15-25(16-14-24)38(7)8/h21-26H,9-20H2,1-8H3,(H,33,45)(H,34,43)(H,35,44)(H,36,41)(H,37,42)/t23-,24?,25?,26-/m0/s1. The van der Waals surface area contributed by atoms with Crippen molar-refractivity contribution in [2.45, 2.75) is 111 Å². The van der Waals surface area contributed by atoms with Gasteiger partial charge in [-0.05, 0) is 92.9 Å². The van der Waals surface area contributed by atoms with Gasteiger partial charge in [0, 0.05) is 23.9 Å². The highest BCUT2D eigenvalue weighted by molar-refractivity contribution is 5.94. The summed E-state index contributed by atoms with van der Waals surface area (Å²) in [5.41, 5.74) is 0. The van der Waals surface area contributed by atoms with Crippen LogP contribution >= 0.6 is 0 Å². The van der Waals surface area contributed by atoms with Gasteiger partial charge in [0.05, 0.1) is 19.6 Å². The molecule has 0 saturated heterocycles. The van der Waals surface area contributed by atoms with Gasteiger partial charge in [-0.1, -0.05) is 20.8 Å². The average Bonchev–Trinajstić information content (AvgIpc) is 3.00. The SMILES string of the molecule is CCN(CCCC[C@H](NC(=O)CNC(=O)[C@H](C)NC(=O)CNC(=O)C1CCC(N(C)C)CC1)C(=O)NCC(=O)C(C)C)C(C)C. The van der Waals surface area contributed by atoms with E-state index in [0.29, 0.717) is 24.9 Å². The molecule has 5 N–H and O–H groups in total. The first-order valence-electron chi connectivity index (χ1n) is 16.5. The lowest BCUT2D eigenvalue weighted by atomic mass is 9.85. The Bertz CT molecular complexity index is 979. The van der Waals surface area contributed by atoms with E-state index in [1.165, 1.54) is 6.92 Å². The maximum absolute atomic E-state index is 12.9. The Morgan fingerprint density at radius 2 is 1.31 bits per heavy atom. The Morgan fingerprint density at radius 3 is 1.87 bits per heavy atom. The van der Waals surface area contributed by atoms with Crippen molar-refractivity contribution in [1.29, 1.82) is 0 Å². The van der Waals surface area contributed by atoms with Crippen LogP contribution in [0.25, 0.3) is 0 Å². The molecule has 1 aliphatic carbocycles. The molecule has 0 heterocycles. The van der Waals surface area contributed by atoms with E-state index < -0.39 is 42.3 Å². The van der Waals surface area contributed by atoms with Crippen molar-refractivity contribution in [3.8, 4) is 0 Å². The second kappa shape index (κ2) is 20.9. The summed E-state index contributed by atoms with van der Waals surface area (Å²) in [6.45, 7) is 12.4. The number of hydrogen-bond acceptors (Lipinski definition) is 8. The molecule has 13 heteroatoms. The third-order valence-electron chi connectivity index (χ3n) is 8.47. The summed E-state index contributed by atoms with van der Waals surface area (Å²) >= 11 is 0. The number of carbonyl (C=O) groups excluding carboxylic acids is 6. The molecule has 1 aliphatic rings. The van der Waals surface area contributed by atoms with Crippen molar-refractivity contribution in [2.24, 2.45) is 11.8 Å². The van der Waals surface area contributed by atoms with Crippen LogP contribution in [0, 0.1) is 11.8 Å². The Hall–Kier alpha value is -3.06. The van der Waals surface area contributed by atoms with Crippen molar-refractivity contribution in [3.05, 3.63) is 0 Å². The van der Waals surface area contributed by atoms with Crippen LogP contribution in [0.2, 0.25) is 0 Å². The molecule has 1 fully saturated rings. The summed E-state index contributed by atoms with van der Waals surface area (Å²) in [7, 11) is 4.07. The van der Waals surface area contributed by atoms with E-state index in [2.05, 4.69) is 57.2 Å². The number of nitrogens with zero attached hydrogens (tertiary/aromatic N) is 2. The first kappa shape index (κ1) is 40.0. The second-order valence-corrected chi connectivity index (χ2v) is 12.9. The van der Waals surface area contributed by atoms with Crippen LogP contribution in [-0.4, -0.2) is 116 Å². The molecule has 0 radical (unpaired) electrons. The molecule has 0 aromatic heterocycles. The zero-order chi connectivity index (χ0) is 34.1. The minimum Gasteiger partial charge on any atom is -0.347 e. The van der Waals surface area contributed by atoms with E-state index in [9.17, 15) is 28.8 Å². The van der Waals surface area contributed by atoms with Gasteiger partial charge in [-0.2, -0.15) is 0 Å². The summed E-state index contributed by atoms with van der Waals surface area (Å²) in [6, 6.07) is -0.930. The van der Waals surface area contributed by atoms with Crippen LogP contribution in [0.3, 0.4) is 0 Å². The van der Waals surface area contributed by atoms with E-state index in [1.807, 2.05) is 14.1 Å². The molecule has 0 aromatic carbocycles. The van der Waals surface area contributed by atoms with Crippen molar-refractivity contribution >= 4 is 35.3 Å². The Labute approximate surface area is 269 Å². The molecule has 0 spiro atoms. The molecule has 0 aromatic rings. The van der Waals surface area contributed by atoms with E-state index in [-0.39, 0.29) is 36.6 Å². The normalized spacial score (nSPS) is 18.0. The molecule has 1 rings (SSSR count). The van der Waals surface area contributed by atoms with Crippen LogP contribution < -0.4 is 26.6 Å². The Balaban J connectivity index is 2.53. The molecular formula is C32H59N7O6. The first-order chi connectivity index (χ1) is 21.2. The molecule has 5 amide bonds. The van der Waals surface area contributed by atoms with Gasteiger partial charge in [0.25, 0.3) is 0 Å². The number of Topliss-reactive ketones (excluding diaryl/α,β-unsaturated/α-hetero) is 1. The van der Waals surface area contributed by atoms with Gasteiger partial charge in [-0.25, -0.2) is 0 Å². The molecule has 2 atom stereocenters. The highest BCUT2D eigenvalue weighted by Gasteiger charge is 2.28. The number of amides is 5. The summed E-state index contributed by atoms with van der Waals surface area (Å²) in [4.78, 5) is 79.5. The molecule has 0 aliphatic heterocycles. The smallest absolute Gasteiger partial charge is 0.242 e. The molecule has 45 heavy (non-hydrogen) atoms. The maximum Gasteiger partial charge on any atom is 0.242 e. The lowest BCUT2D eigenvalue weighted by Crippen LogP contribution is -2.52. The Morgan fingerprint density at radius 1 is 0.733 bits per heavy atom. The third kappa shape index (κ3) is 15.7. The third-order valence-corrected chi connectivity index (χ3v) is 8.47. The van der Waals surface area contributed by atoms with Gasteiger partial charge in [0.2, 0.25) is 29.5 Å². The predicted molar refractivity (Wildman–Crippen MR) is 174 cm³/mol. The van der Waals surface area contributed by atoms with Crippen LogP contribution in [0.15, 0.2) is 0 Å². The van der Waals surface area contributed by atoms with Crippen molar-refractivity contribution in [2.75, 3.05) is 46.8 Å². The molecule has 13 nitrogen and oxygen atoms in total. The lowest BCUT2D eigenvalue weighted by molar-refractivity contribution is -0.132. The van der Waals surface area contributed by atoms with Crippen molar-refractivity contribution in [3.63, 3.8) is 0 Å². The van der Waals surface area contributed by atoms with E-state index in [1.54, 1.807) is 13.8 Å². The van der Waals surface area contributed by atoms with Gasteiger partial charge < -0.3 is 36.4 Å². The zero-order valence-corrected chi connectivity index (χ0v) is 28.8. The fourth-order valence-electron chi connectivity index (χ4n) is 5.31. The molecule has 0 bridgehead atoms. The molecule has 1 saturated carbocycles. The van der Waals surface area contributed by atoms with E-state index in [4.69, 9.17) is 0 Å². The van der Waals surface area contributed by atoms with Gasteiger partial charge in [0.1, 0.15) is 12.1 Å². The van der Waals surface area contributed by atoms with Gasteiger partial charge in [-0.3, -0.25) is 28.8 Å². The largest absolute Gasteiger partial charge is 0.347 e. The van der Waals surface area contributed by atoms with Crippen molar-refractivity contribution in [1.82, 2.24) is 36.4 Å². The first-order valence-corrected chi connectivity index (χ1v) is 16.5. The number of rotatable bonds is 20. The Kier molecular flexibility index (Phi) is 18.5. The number of unbranched alkanes of at least 4 members (excludes halogenated alkanes) is 1. The average molecular weight is 638 g/mol. The minimum atomic E-state index is -0.943. The number of carbonyl (C=O) groups is 6. The quantitative estimate of drug-likeness (QED) is 0.121. The molecule has 258 valence electrons. The summed E-state index contributed by atoms with van der Waals surface area (Å²) in [5, 5.41) is 13.0. The predicted octanol–water partition coefficient (Wildman–Crippen LogP) is 0.571. The number of nitrogens with one attached hydrogen (secondary N) is 5. The van der Waals surface area contributed by atoms with Crippen LogP contribution in [0.4, 0.5) is 0 Å². The second-order valence-electron chi connectivity index (χ2n) is 12.9. The minimum absolute atomic E-state index is 0.112. The highest BCUT2D eigenvalue weighted by atomic mass is 16.2. The zero-order valence-electron chi connectivity index (χ0n) is 28.8. The van der Waals surface area contributed by atoms with E-state index in [0.717, 1.165) is 45.2 Å². The fraction of sp³-hybridized carbons (Fsp3) is 0.812. The van der Waals surface area contributed by atoms with E-state index >= 15 is 0 Å². The summed E-state index contributed by atoms with van der Waals surface area (Å²) in [6.07, 6.45) is 5.30. The monoisotopic (exact) mass is 637 g/mol. The van der Waals surface area contributed by atoms with Crippen LogP contribution in [0.5, 0.6) is 0 Å². The maximum atomic E-state index is 12.9.